The van der Waals surface area contributed by atoms with Crippen LogP contribution >= 0.6 is 0 Å². The minimum Gasteiger partial charge on any atom is -0.311 e. The Bertz CT molecular complexity index is 906. The van der Waals surface area contributed by atoms with Crippen molar-refractivity contribution < 1.29 is 0 Å². The smallest absolute Gasteiger partial charge is 0.251 e. The number of nitrogens with one attached hydrogen (secondary N) is 1. The molecule has 1 saturated heterocycles. The van der Waals surface area contributed by atoms with Gasteiger partial charge in [-0.1, -0.05) is 12.1 Å². The van der Waals surface area contributed by atoms with E-state index >= 15 is 0 Å². The number of nitrogens with zero attached hydrogens (tertiary/aromatic N) is 4. The van der Waals surface area contributed by atoms with Gasteiger partial charge in [0.15, 0.2) is 0 Å². The van der Waals surface area contributed by atoms with E-state index in [2.05, 4.69) is 44.1 Å². The molecular weight excluding hydrogens is 326 g/mol. The lowest BCUT2D eigenvalue weighted by molar-refractivity contribution is 0.203. The van der Waals surface area contributed by atoms with Gasteiger partial charge in [-0.2, -0.15) is 0 Å². The number of aromatic amines is 1. The molecule has 134 valence electrons. The van der Waals surface area contributed by atoms with Crippen LogP contribution in [0.15, 0.2) is 53.8 Å². The summed E-state index contributed by atoms with van der Waals surface area (Å²) in [5, 5.41) is 0. The van der Waals surface area contributed by atoms with Gasteiger partial charge >= 0.3 is 0 Å². The first kappa shape index (κ1) is 16.7. The number of imidazole rings is 1. The van der Waals surface area contributed by atoms with Crippen LogP contribution in [-0.2, 0) is 6.54 Å². The number of hydrogen-bond acceptors (Lipinski definition) is 4. The average Bonchev–Trinajstić information content (AvgIpc) is 3.17. The van der Waals surface area contributed by atoms with E-state index in [9.17, 15) is 4.79 Å². The van der Waals surface area contributed by atoms with Crippen molar-refractivity contribution in [1.82, 2.24) is 24.4 Å². The minimum absolute atomic E-state index is 0.0482. The number of piperidine rings is 1. The molecule has 2 aromatic heterocycles. The van der Waals surface area contributed by atoms with Crippen molar-refractivity contribution >= 4 is 0 Å². The van der Waals surface area contributed by atoms with E-state index in [0.29, 0.717) is 11.7 Å². The number of H-pyrrole nitrogens is 1. The zero-order valence-electron chi connectivity index (χ0n) is 14.9. The summed E-state index contributed by atoms with van der Waals surface area (Å²) in [7, 11) is 0. The van der Waals surface area contributed by atoms with Gasteiger partial charge in [-0.3, -0.25) is 9.69 Å². The predicted octanol–water partition coefficient (Wildman–Crippen LogP) is 2.64. The third kappa shape index (κ3) is 3.75. The second kappa shape index (κ2) is 7.25. The van der Waals surface area contributed by atoms with Gasteiger partial charge in [-0.25, -0.2) is 9.97 Å². The summed E-state index contributed by atoms with van der Waals surface area (Å²) >= 11 is 0. The quantitative estimate of drug-likeness (QED) is 0.786. The molecule has 0 unspecified atom stereocenters. The fraction of sp³-hybridized carbons (Fsp3) is 0.350. The second-order valence-electron chi connectivity index (χ2n) is 6.94. The summed E-state index contributed by atoms with van der Waals surface area (Å²) in [6.07, 6.45) is 7.63. The third-order valence-corrected chi connectivity index (χ3v) is 5.03. The van der Waals surface area contributed by atoms with E-state index in [1.807, 2.05) is 24.0 Å². The molecule has 1 fully saturated rings. The van der Waals surface area contributed by atoms with Crippen LogP contribution in [0.1, 0.15) is 35.8 Å². The number of aromatic nitrogens is 4. The minimum atomic E-state index is -0.0482. The molecule has 1 N–H and O–H groups in total. The standard InChI is InChI=1S/C20H23N5O/c1-15-22-19(12-20(26)23-15)17-6-9-24(10-7-17)13-16-2-4-18(5-3-16)25-11-8-21-14-25/h2-5,8,11-12,14,17H,6-7,9-10,13H2,1H3,(H,22,23,26). The SMILES string of the molecule is Cc1nc(C2CCN(Cc3ccc(-n4ccnc4)cc3)CC2)cc(=O)[nH]1. The topological polar surface area (TPSA) is 66.8 Å². The van der Waals surface area contributed by atoms with Crippen LogP contribution in [0.2, 0.25) is 0 Å². The molecular formula is C20H23N5O. The maximum absolute atomic E-state index is 11.7. The lowest BCUT2D eigenvalue weighted by Crippen LogP contribution is -2.33. The Morgan fingerprint density at radius 2 is 1.96 bits per heavy atom. The summed E-state index contributed by atoms with van der Waals surface area (Å²) in [5.74, 6) is 1.09. The van der Waals surface area contributed by atoms with Gasteiger partial charge in [0.1, 0.15) is 5.82 Å². The fourth-order valence-corrected chi connectivity index (χ4v) is 3.64. The highest BCUT2D eigenvalue weighted by Crippen LogP contribution is 2.26. The van der Waals surface area contributed by atoms with Crippen molar-refractivity contribution in [3.8, 4) is 5.69 Å². The van der Waals surface area contributed by atoms with Crippen LogP contribution in [-0.4, -0.2) is 37.5 Å². The zero-order chi connectivity index (χ0) is 17.9. The Hall–Kier alpha value is -2.73. The molecule has 0 spiro atoms. The number of likely N-dealkylation sites (tertiary alicyclic amines) is 1. The fourth-order valence-electron chi connectivity index (χ4n) is 3.64. The van der Waals surface area contributed by atoms with Crippen LogP contribution in [0.25, 0.3) is 5.69 Å². The lowest BCUT2D eigenvalue weighted by atomic mass is 9.93. The van der Waals surface area contributed by atoms with Crippen molar-refractivity contribution in [2.45, 2.75) is 32.2 Å². The Kier molecular flexibility index (Phi) is 4.67. The van der Waals surface area contributed by atoms with E-state index in [4.69, 9.17) is 0 Å². The van der Waals surface area contributed by atoms with Crippen LogP contribution in [0.4, 0.5) is 0 Å². The molecule has 0 amide bonds. The lowest BCUT2D eigenvalue weighted by Gasteiger charge is -2.31. The highest BCUT2D eigenvalue weighted by Gasteiger charge is 2.22. The first-order valence-corrected chi connectivity index (χ1v) is 9.05. The molecule has 4 rings (SSSR count). The van der Waals surface area contributed by atoms with E-state index in [1.54, 1.807) is 12.3 Å². The Morgan fingerprint density at radius 3 is 2.62 bits per heavy atom. The first-order valence-electron chi connectivity index (χ1n) is 9.05. The molecule has 0 atom stereocenters. The molecule has 26 heavy (non-hydrogen) atoms. The molecule has 6 nitrogen and oxygen atoms in total. The van der Waals surface area contributed by atoms with Crippen molar-refractivity contribution in [3.63, 3.8) is 0 Å². The summed E-state index contributed by atoms with van der Waals surface area (Å²) in [6.45, 7) is 4.86. The molecule has 0 radical (unpaired) electrons. The highest BCUT2D eigenvalue weighted by molar-refractivity contribution is 5.34. The number of aryl methyl sites for hydroxylation is 1. The molecule has 0 aliphatic carbocycles. The van der Waals surface area contributed by atoms with Gasteiger partial charge in [0.2, 0.25) is 0 Å². The van der Waals surface area contributed by atoms with Gasteiger partial charge in [0.05, 0.1) is 12.0 Å². The molecule has 1 aliphatic heterocycles. The molecule has 3 heterocycles. The molecule has 0 bridgehead atoms. The van der Waals surface area contributed by atoms with E-state index in [-0.39, 0.29) is 5.56 Å². The molecule has 3 aromatic rings. The Morgan fingerprint density at radius 1 is 1.19 bits per heavy atom. The second-order valence-corrected chi connectivity index (χ2v) is 6.94. The first-order chi connectivity index (χ1) is 12.7. The van der Waals surface area contributed by atoms with Crippen LogP contribution in [0.3, 0.4) is 0 Å². The van der Waals surface area contributed by atoms with E-state index < -0.39 is 0 Å². The van der Waals surface area contributed by atoms with Gasteiger partial charge < -0.3 is 9.55 Å². The molecule has 1 aliphatic rings. The maximum atomic E-state index is 11.7. The zero-order valence-corrected chi connectivity index (χ0v) is 14.9. The maximum Gasteiger partial charge on any atom is 0.251 e. The number of benzene rings is 1. The van der Waals surface area contributed by atoms with Crippen molar-refractivity contribution in [3.05, 3.63) is 76.5 Å². The summed E-state index contributed by atoms with van der Waals surface area (Å²) in [5.41, 5.74) is 3.33. The molecule has 6 heteroatoms. The van der Waals surface area contributed by atoms with Gasteiger partial charge in [-0.15, -0.1) is 0 Å². The molecule has 0 saturated carbocycles. The van der Waals surface area contributed by atoms with Gasteiger partial charge in [-0.05, 0) is 50.6 Å². The Balaban J connectivity index is 1.35. The van der Waals surface area contributed by atoms with E-state index in [0.717, 1.165) is 43.9 Å². The highest BCUT2D eigenvalue weighted by atomic mass is 16.1. The summed E-state index contributed by atoms with van der Waals surface area (Å²) in [4.78, 5) is 25.5. The average molecular weight is 349 g/mol. The van der Waals surface area contributed by atoms with Crippen molar-refractivity contribution in [2.24, 2.45) is 0 Å². The van der Waals surface area contributed by atoms with Gasteiger partial charge in [0.25, 0.3) is 5.56 Å². The largest absolute Gasteiger partial charge is 0.311 e. The van der Waals surface area contributed by atoms with E-state index in [1.165, 1.54) is 5.56 Å². The summed E-state index contributed by atoms with van der Waals surface area (Å²) in [6, 6.07) is 10.3. The van der Waals surface area contributed by atoms with Crippen molar-refractivity contribution in [2.75, 3.05) is 13.1 Å². The Labute approximate surface area is 152 Å². The van der Waals surface area contributed by atoms with Gasteiger partial charge in [0, 0.05) is 36.6 Å². The van der Waals surface area contributed by atoms with Crippen LogP contribution < -0.4 is 5.56 Å². The monoisotopic (exact) mass is 349 g/mol. The van der Waals surface area contributed by atoms with Crippen LogP contribution in [0.5, 0.6) is 0 Å². The third-order valence-electron chi connectivity index (χ3n) is 5.03. The van der Waals surface area contributed by atoms with Crippen LogP contribution in [0, 0.1) is 6.92 Å². The normalized spacial score (nSPS) is 16.0. The number of rotatable bonds is 4. The predicted molar refractivity (Wildman–Crippen MR) is 100 cm³/mol. The molecule has 1 aromatic carbocycles. The van der Waals surface area contributed by atoms with Crippen molar-refractivity contribution in [1.29, 1.82) is 0 Å². The summed E-state index contributed by atoms with van der Waals surface area (Å²) < 4.78 is 2.01. The number of hydrogen-bond donors (Lipinski definition) is 1.